The first-order chi connectivity index (χ1) is 6.72. The zero-order valence-electron chi connectivity index (χ0n) is 8.40. The summed E-state index contributed by atoms with van der Waals surface area (Å²) in [5.41, 5.74) is 6.28. The molecule has 0 bridgehead atoms. The predicted molar refractivity (Wildman–Crippen MR) is 58.1 cm³/mol. The van der Waals surface area contributed by atoms with E-state index in [2.05, 4.69) is 10.3 Å². The van der Waals surface area contributed by atoms with E-state index in [0.717, 1.165) is 18.7 Å². The summed E-state index contributed by atoms with van der Waals surface area (Å²) < 4.78 is 0. The Morgan fingerprint density at radius 3 is 3.07 bits per heavy atom. The van der Waals surface area contributed by atoms with E-state index in [-0.39, 0.29) is 6.10 Å². The molecule has 1 heterocycles. The summed E-state index contributed by atoms with van der Waals surface area (Å²) in [5, 5.41) is 12.4. The van der Waals surface area contributed by atoms with Crippen LogP contribution in [0.25, 0.3) is 0 Å². The molecule has 0 aliphatic carbocycles. The molecule has 1 aromatic heterocycles. The van der Waals surface area contributed by atoms with Gasteiger partial charge in [0, 0.05) is 24.5 Å². The molecule has 0 amide bonds. The first-order valence-corrected chi connectivity index (χ1v) is 4.86. The maximum Gasteiger partial charge on any atom is 0.127 e. The molecule has 0 aliphatic heterocycles. The van der Waals surface area contributed by atoms with Crippen LogP contribution >= 0.6 is 0 Å². The Morgan fingerprint density at radius 2 is 2.43 bits per heavy atom. The van der Waals surface area contributed by atoms with Crippen molar-refractivity contribution in [3.8, 4) is 0 Å². The number of aliphatic hydroxyl groups excluding tert-OH is 1. The van der Waals surface area contributed by atoms with Crippen molar-refractivity contribution in [2.24, 2.45) is 0 Å². The minimum absolute atomic E-state index is 0.233. The van der Waals surface area contributed by atoms with Crippen molar-refractivity contribution in [2.45, 2.75) is 25.9 Å². The summed E-state index contributed by atoms with van der Waals surface area (Å²) in [4.78, 5) is 4.09. The van der Waals surface area contributed by atoms with Crippen molar-refractivity contribution < 1.29 is 5.11 Å². The fourth-order valence-electron chi connectivity index (χ4n) is 1.11. The number of nitrogen functional groups attached to an aromatic ring is 1. The zero-order chi connectivity index (χ0) is 10.4. The van der Waals surface area contributed by atoms with Crippen LogP contribution in [0.15, 0.2) is 18.3 Å². The molecule has 0 radical (unpaired) electrons. The number of hydrogen-bond acceptors (Lipinski definition) is 4. The highest BCUT2D eigenvalue weighted by Crippen LogP contribution is 2.08. The van der Waals surface area contributed by atoms with Gasteiger partial charge in [0.25, 0.3) is 0 Å². The molecule has 0 spiro atoms. The molecule has 1 aromatic rings. The van der Waals surface area contributed by atoms with Gasteiger partial charge in [0.15, 0.2) is 0 Å². The van der Waals surface area contributed by atoms with Crippen LogP contribution in [0.1, 0.15) is 19.8 Å². The Morgan fingerprint density at radius 1 is 1.64 bits per heavy atom. The van der Waals surface area contributed by atoms with Gasteiger partial charge in [-0.25, -0.2) is 4.98 Å². The lowest BCUT2D eigenvalue weighted by Crippen LogP contribution is -2.12. The Bertz CT molecular complexity index is 278. The molecule has 0 fully saturated rings. The number of aliphatic hydroxyl groups is 1. The monoisotopic (exact) mass is 195 g/mol. The summed E-state index contributed by atoms with van der Waals surface area (Å²) >= 11 is 0. The molecule has 14 heavy (non-hydrogen) atoms. The van der Waals surface area contributed by atoms with Crippen LogP contribution in [0, 0.1) is 0 Å². The van der Waals surface area contributed by atoms with E-state index in [9.17, 15) is 5.11 Å². The number of nitrogens with zero attached hydrogens (tertiary/aromatic N) is 1. The standard InChI is InChI=1S/C10H17N3O/c1-2-9(14)4-6-13-10-7-8(11)3-5-12-10/h3,5,7,9,14H,2,4,6H2,1H3,(H3,11,12,13). The fourth-order valence-corrected chi connectivity index (χ4v) is 1.11. The van der Waals surface area contributed by atoms with Crippen molar-refractivity contribution >= 4 is 11.5 Å². The summed E-state index contributed by atoms with van der Waals surface area (Å²) in [6, 6.07) is 3.52. The zero-order valence-corrected chi connectivity index (χ0v) is 8.40. The van der Waals surface area contributed by atoms with Crippen molar-refractivity contribution in [3.63, 3.8) is 0 Å². The Balaban J connectivity index is 2.31. The van der Waals surface area contributed by atoms with E-state index in [0.29, 0.717) is 12.2 Å². The highest BCUT2D eigenvalue weighted by atomic mass is 16.3. The van der Waals surface area contributed by atoms with E-state index in [4.69, 9.17) is 5.73 Å². The third kappa shape index (κ3) is 3.62. The van der Waals surface area contributed by atoms with Gasteiger partial charge in [-0.3, -0.25) is 0 Å². The molecule has 4 N–H and O–H groups in total. The summed E-state index contributed by atoms with van der Waals surface area (Å²) in [7, 11) is 0. The smallest absolute Gasteiger partial charge is 0.127 e. The summed E-state index contributed by atoms with van der Waals surface area (Å²) in [5.74, 6) is 0.758. The molecular weight excluding hydrogens is 178 g/mol. The minimum atomic E-state index is -0.233. The van der Waals surface area contributed by atoms with Gasteiger partial charge in [-0.15, -0.1) is 0 Å². The van der Waals surface area contributed by atoms with Gasteiger partial charge >= 0.3 is 0 Å². The second kappa shape index (κ2) is 5.44. The van der Waals surface area contributed by atoms with Crippen molar-refractivity contribution in [2.75, 3.05) is 17.6 Å². The molecule has 78 valence electrons. The number of nitrogens with one attached hydrogen (secondary N) is 1. The van der Waals surface area contributed by atoms with Crippen LogP contribution in [-0.4, -0.2) is 22.7 Å². The molecule has 4 nitrogen and oxygen atoms in total. The molecule has 0 aromatic carbocycles. The van der Waals surface area contributed by atoms with Crippen molar-refractivity contribution in [3.05, 3.63) is 18.3 Å². The topological polar surface area (TPSA) is 71.2 Å². The number of hydrogen-bond donors (Lipinski definition) is 3. The quantitative estimate of drug-likeness (QED) is 0.661. The van der Waals surface area contributed by atoms with Crippen LogP contribution < -0.4 is 11.1 Å². The minimum Gasteiger partial charge on any atom is -0.399 e. The Kier molecular flexibility index (Phi) is 4.19. The lowest BCUT2D eigenvalue weighted by Gasteiger charge is -2.09. The number of aromatic nitrogens is 1. The Labute approximate surface area is 84.2 Å². The lowest BCUT2D eigenvalue weighted by atomic mass is 10.2. The second-order valence-electron chi connectivity index (χ2n) is 3.25. The highest BCUT2D eigenvalue weighted by Gasteiger charge is 2.00. The lowest BCUT2D eigenvalue weighted by molar-refractivity contribution is 0.164. The fraction of sp³-hybridized carbons (Fsp3) is 0.500. The maximum absolute atomic E-state index is 9.31. The molecule has 1 atom stereocenters. The van der Waals surface area contributed by atoms with E-state index < -0.39 is 0 Å². The Hall–Kier alpha value is -1.29. The van der Waals surface area contributed by atoms with E-state index >= 15 is 0 Å². The first-order valence-electron chi connectivity index (χ1n) is 4.86. The number of rotatable bonds is 5. The number of anilines is 2. The number of nitrogens with two attached hydrogens (primary N) is 1. The highest BCUT2D eigenvalue weighted by molar-refractivity contribution is 5.48. The molecule has 0 saturated carbocycles. The average Bonchev–Trinajstić information content (AvgIpc) is 2.17. The van der Waals surface area contributed by atoms with Crippen molar-refractivity contribution in [1.82, 2.24) is 4.98 Å². The summed E-state index contributed by atoms with van der Waals surface area (Å²) in [6.45, 7) is 2.68. The second-order valence-corrected chi connectivity index (χ2v) is 3.25. The van der Waals surface area contributed by atoms with Crippen LogP contribution in [0.2, 0.25) is 0 Å². The van der Waals surface area contributed by atoms with Crippen molar-refractivity contribution in [1.29, 1.82) is 0 Å². The van der Waals surface area contributed by atoms with E-state index in [1.54, 1.807) is 18.3 Å². The van der Waals surface area contributed by atoms with Gasteiger partial charge < -0.3 is 16.2 Å². The molecule has 0 saturated heterocycles. The van der Waals surface area contributed by atoms with Crippen LogP contribution in [0.3, 0.4) is 0 Å². The van der Waals surface area contributed by atoms with Gasteiger partial charge in [0.05, 0.1) is 6.10 Å². The van der Waals surface area contributed by atoms with E-state index in [1.165, 1.54) is 0 Å². The molecule has 1 rings (SSSR count). The SMILES string of the molecule is CCC(O)CCNc1cc(N)ccn1. The normalized spacial score (nSPS) is 12.4. The largest absolute Gasteiger partial charge is 0.399 e. The molecule has 1 unspecified atom stereocenters. The molecule has 4 heteroatoms. The average molecular weight is 195 g/mol. The van der Waals surface area contributed by atoms with Gasteiger partial charge in [-0.2, -0.15) is 0 Å². The first kappa shape index (κ1) is 10.8. The summed E-state index contributed by atoms with van der Waals surface area (Å²) in [6.07, 6.45) is 2.94. The van der Waals surface area contributed by atoms with Gasteiger partial charge in [-0.1, -0.05) is 6.92 Å². The van der Waals surface area contributed by atoms with Crippen LogP contribution in [-0.2, 0) is 0 Å². The number of pyridine rings is 1. The molecular formula is C10H17N3O. The predicted octanol–water partition coefficient (Wildman–Crippen LogP) is 1.24. The van der Waals surface area contributed by atoms with E-state index in [1.807, 2.05) is 6.92 Å². The van der Waals surface area contributed by atoms with Crippen LogP contribution in [0.5, 0.6) is 0 Å². The van der Waals surface area contributed by atoms with Gasteiger partial charge in [0.2, 0.25) is 0 Å². The third-order valence-corrected chi connectivity index (χ3v) is 2.04. The third-order valence-electron chi connectivity index (χ3n) is 2.04. The van der Waals surface area contributed by atoms with Gasteiger partial charge in [-0.05, 0) is 18.9 Å². The molecule has 0 aliphatic rings. The van der Waals surface area contributed by atoms with Crippen LogP contribution in [0.4, 0.5) is 11.5 Å². The van der Waals surface area contributed by atoms with Gasteiger partial charge in [0.1, 0.15) is 5.82 Å². The maximum atomic E-state index is 9.31.